The summed E-state index contributed by atoms with van der Waals surface area (Å²) in [6.07, 6.45) is 11.1. The van der Waals surface area contributed by atoms with Crippen molar-refractivity contribution in [1.29, 1.82) is 0 Å². The fraction of sp³-hybridized carbons (Fsp3) is 0.769. The molecule has 8 nitrogen and oxygen atoms in total. The van der Waals surface area contributed by atoms with Gasteiger partial charge in [-0.2, -0.15) is 0 Å². The summed E-state index contributed by atoms with van der Waals surface area (Å²) in [4.78, 5) is 19.5. The van der Waals surface area contributed by atoms with Gasteiger partial charge in [0.25, 0.3) is 11.4 Å². The van der Waals surface area contributed by atoms with Crippen LogP contribution >= 0.6 is 0 Å². The highest BCUT2D eigenvalue weighted by atomic mass is 16.6. The lowest BCUT2D eigenvalue weighted by molar-refractivity contribution is -0.929. The number of nitro benzene ring substituents is 2. The molecule has 1 rings (SSSR count). The minimum Gasteiger partial charge on any atom is -0.863 e. The molecular weight excluding hydrogens is 434 g/mol. The Balaban J connectivity index is 0.000000641. The lowest BCUT2D eigenvalue weighted by Crippen LogP contribution is -2.50. The molecule has 0 unspecified atom stereocenters. The maximum atomic E-state index is 11.4. The zero-order chi connectivity index (χ0) is 26.4. The van der Waals surface area contributed by atoms with Crippen molar-refractivity contribution < 1.29 is 19.4 Å². The van der Waals surface area contributed by atoms with Gasteiger partial charge in [0.2, 0.25) is 0 Å². The first-order valence-corrected chi connectivity index (χ1v) is 12.9. The van der Waals surface area contributed by atoms with Gasteiger partial charge in [-0.3, -0.25) is 20.2 Å². The fourth-order valence-electron chi connectivity index (χ4n) is 3.95. The Bertz CT molecular complexity index is 687. The Morgan fingerprint density at radius 1 is 0.706 bits per heavy atom. The summed E-state index contributed by atoms with van der Waals surface area (Å²) >= 11 is 0. The van der Waals surface area contributed by atoms with E-state index in [1.807, 2.05) is 0 Å². The van der Waals surface area contributed by atoms with E-state index in [1.54, 1.807) is 20.8 Å². The van der Waals surface area contributed by atoms with Crippen LogP contribution in [-0.4, -0.2) is 40.5 Å². The summed E-state index contributed by atoms with van der Waals surface area (Å²) in [5.41, 5.74) is -1.65. The van der Waals surface area contributed by atoms with Crippen LogP contribution in [0.15, 0.2) is 12.1 Å². The summed E-state index contributed by atoms with van der Waals surface area (Å²) in [5.74, 6) is -1.16. The highest BCUT2D eigenvalue weighted by Gasteiger charge is 2.25. The monoisotopic (exact) mass is 481 g/mol. The Kier molecular flexibility index (Phi) is 14.6. The second kappa shape index (κ2) is 15.6. The molecule has 0 amide bonds. The minimum absolute atomic E-state index is 0.385. The molecule has 0 bridgehead atoms. The van der Waals surface area contributed by atoms with Crippen molar-refractivity contribution in [3.63, 3.8) is 0 Å². The van der Waals surface area contributed by atoms with Crippen LogP contribution < -0.4 is 5.11 Å². The predicted octanol–water partition coefficient (Wildman–Crippen LogP) is 6.88. The molecule has 0 radical (unpaired) electrons. The molecule has 196 valence electrons. The van der Waals surface area contributed by atoms with Crippen LogP contribution in [0.1, 0.15) is 105 Å². The summed E-state index contributed by atoms with van der Waals surface area (Å²) in [6, 6.07) is 2.19. The second-order valence-corrected chi connectivity index (χ2v) is 10.3. The maximum absolute atomic E-state index is 11.4. The van der Waals surface area contributed by atoms with Crippen LogP contribution in [-0.2, 0) is 5.41 Å². The van der Waals surface area contributed by atoms with E-state index in [4.69, 9.17) is 0 Å². The molecule has 0 saturated heterocycles. The van der Waals surface area contributed by atoms with E-state index < -0.39 is 32.4 Å². The van der Waals surface area contributed by atoms with Gasteiger partial charge in [0.1, 0.15) is 0 Å². The fourth-order valence-corrected chi connectivity index (χ4v) is 3.95. The van der Waals surface area contributed by atoms with Crippen molar-refractivity contribution in [2.75, 3.05) is 26.2 Å². The van der Waals surface area contributed by atoms with Gasteiger partial charge in [-0.1, -0.05) is 74.1 Å². The van der Waals surface area contributed by atoms with E-state index in [0.717, 1.165) is 12.1 Å². The van der Waals surface area contributed by atoms with Crippen molar-refractivity contribution in [3.8, 4) is 5.75 Å². The molecule has 0 aliphatic carbocycles. The Morgan fingerprint density at radius 3 is 1.21 bits per heavy atom. The minimum atomic E-state index is -1.16. The number of hydrogen-bond donors (Lipinski definition) is 0. The van der Waals surface area contributed by atoms with Crippen LogP contribution in [0.4, 0.5) is 11.4 Å². The average molecular weight is 482 g/mol. The molecule has 0 spiro atoms. The van der Waals surface area contributed by atoms with Crippen LogP contribution in [0, 0.1) is 20.2 Å². The molecule has 1 aromatic carbocycles. The summed E-state index contributed by atoms with van der Waals surface area (Å²) in [5, 5.41) is 32.8. The quantitative estimate of drug-likeness (QED) is 0.163. The van der Waals surface area contributed by atoms with Crippen LogP contribution in [0.3, 0.4) is 0 Å². The lowest BCUT2D eigenvalue weighted by atomic mass is 9.86. The third-order valence-electron chi connectivity index (χ3n) is 6.25. The van der Waals surface area contributed by atoms with Gasteiger partial charge < -0.3 is 9.59 Å². The van der Waals surface area contributed by atoms with Crippen molar-refractivity contribution in [3.05, 3.63) is 37.9 Å². The number of unbranched alkanes of at least 4 members (excludes halogenated alkanes) is 4. The highest BCUT2D eigenvalue weighted by Crippen LogP contribution is 2.38. The standard InChI is InChI=1S/C16H36N.C10H12N2O5/c1-5-9-13-17(14-10-6-2,15-11-7-3)16-12-8-4;1-10(2,3)6-4-7(11(14)15)9(13)8(5-6)12(16)17/h5-16H2,1-4H3;4-5,13H,1-3H3/q+1;/p-1. The van der Waals surface area contributed by atoms with Crippen LogP contribution in [0.25, 0.3) is 0 Å². The zero-order valence-electron chi connectivity index (χ0n) is 22.5. The van der Waals surface area contributed by atoms with E-state index in [1.165, 1.54) is 82.0 Å². The van der Waals surface area contributed by atoms with Crippen LogP contribution in [0.2, 0.25) is 0 Å². The predicted molar refractivity (Wildman–Crippen MR) is 137 cm³/mol. The van der Waals surface area contributed by atoms with E-state index >= 15 is 0 Å². The largest absolute Gasteiger partial charge is 0.863 e. The first kappa shape index (κ1) is 31.8. The van der Waals surface area contributed by atoms with Gasteiger partial charge >= 0.3 is 0 Å². The van der Waals surface area contributed by atoms with Gasteiger partial charge in [0, 0.05) is 12.1 Å². The number of quaternary nitrogens is 1. The number of nitrogens with zero attached hydrogens (tertiary/aromatic N) is 3. The molecule has 1 aromatic rings. The Hall–Kier alpha value is -2.22. The van der Waals surface area contributed by atoms with E-state index in [-0.39, 0.29) is 0 Å². The van der Waals surface area contributed by atoms with Crippen molar-refractivity contribution in [2.24, 2.45) is 0 Å². The Labute approximate surface area is 206 Å². The van der Waals surface area contributed by atoms with Gasteiger partial charge in [-0.25, -0.2) is 0 Å². The summed E-state index contributed by atoms with van der Waals surface area (Å²) in [6.45, 7) is 20.3. The number of rotatable bonds is 14. The Morgan fingerprint density at radius 2 is 1.00 bits per heavy atom. The van der Waals surface area contributed by atoms with Gasteiger partial charge in [0.15, 0.2) is 0 Å². The third-order valence-corrected chi connectivity index (χ3v) is 6.25. The van der Waals surface area contributed by atoms with Gasteiger partial charge in [-0.15, -0.1) is 0 Å². The first-order valence-electron chi connectivity index (χ1n) is 12.9. The molecular formula is C26H47N3O5. The van der Waals surface area contributed by atoms with E-state index in [2.05, 4.69) is 27.7 Å². The number of hydrogen-bond acceptors (Lipinski definition) is 5. The highest BCUT2D eigenvalue weighted by molar-refractivity contribution is 5.61. The topological polar surface area (TPSA) is 109 Å². The van der Waals surface area contributed by atoms with E-state index in [9.17, 15) is 25.3 Å². The molecule has 0 fully saturated rings. The molecule has 0 aliphatic rings. The van der Waals surface area contributed by atoms with Crippen molar-refractivity contribution >= 4 is 11.4 Å². The van der Waals surface area contributed by atoms with E-state index in [0.29, 0.717) is 5.56 Å². The molecule has 0 saturated carbocycles. The molecule has 0 atom stereocenters. The first-order chi connectivity index (χ1) is 15.9. The van der Waals surface area contributed by atoms with Crippen LogP contribution in [0.5, 0.6) is 5.75 Å². The van der Waals surface area contributed by atoms with Gasteiger partial charge in [0.05, 0.1) is 41.8 Å². The molecule has 34 heavy (non-hydrogen) atoms. The molecule has 0 N–H and O–H groups in total. The summed E-state index contributed by atoms with van der Waals surface area (Å²) in [7, 11) is 0. The average Bonchev–Trinajstić information content (AvgIpc) is 2.77. The zero-order valence-corrected chi connectivity index (χ0v) is 22.5. The molecule has 8 heteroatoms. The SMILES string of the molecule is CC(C)(C)c1cc([N+](=O)[O-])c([O-])c([N+](=O)[O-])c1.CCCC[N+](CCCC)(CCCC)CCCC. The number of nitro groups is 2. The normalized spacial score (nSPS) is 11.6. The smallest absolute Gasteiger partial charge is 0.268 e. The van der Waals surface area contributed by atoms with Crippen molar-refractivity contribution in [2.45, 2.75) is 105 Å². The third kappa shape index (κ3) is 10.8. The second-order valence-electron chi connectivity index (χ2n) is 10.3. The molecule has 0 heterocycles. The number of benzene rings is 1. The molecule has 0 aromatic heterocycles. The van der Waals surface area contributed by atoms with Gasteiger partial charge in [-0.05, 0) is 36.7 Å². The maximum Gasteiger partial charge on any atom is 0.268 e. The lowest BCUT2D eigenvalue weighted by Gasteiger charge is -2.39. The summed E-state index contributed by atoms with van der Waals surface area (Å²) < 4.78 is 1.42. The van der Waals surface area contributed by atoms with Crippen molar-refractivity contribution in [1.82, 2.24) is 0 Å². The molecule has 0 aliphatic heterocycles.